The first-order valence-electron chi connectivity index (χ1n) is 4.18. The van der Waals surface area contributed by atoms with Crippen LogP contribution in [-0.4, -0.2) is 27.3 Å². The van der Waals surface area contributed by atoms with Gasteiger partial charge in [0, 0.05) is 4.90 Å². The van der Waals surface area contributed by atoms with Crippen LogP contribution in [-0.2, 0) is 4.74 Å². The summed E-state index contributed by atoms with van der Waals surface area (Å²) in [6.45, 7) is 0. The summed E-state index contributed by atoms with van der Waals surface area (Å²) < 4.78 is 14.8. The molecule has 4 nitrogen and oxygen atoms in total. The first-order chi connectivity index (χ1) is 7.15. The molecule has 0 saturated heterocycles. The summed E-state index contributed by atoms with van der Waals surface area (Å²) in [4.78, 5) is 12.1. The van der Waals surface area contributed by atoms with E-state index in [4.69, 9.17) is 9.47 Å². The van der Waals surface area contributed by atoms with E-state index >= 15 is 0 Å². The number of carbonyl (C=O) groups excluding carboxylic acids is 1. The maximum Gasteiger partial charge on any atom is 0.345 e. The quantitative estimate of drug-likeness (QED) is 0.632. The highest BCUT2D eigenvalue weighted by atomic mass is 32.1. The van der Waals surface area contributed by atoms with Crippen molar-refractivity contribution in [1.82, 2.24) is 0 Å². The zero-order chi connectivity index (χ0) is 11.4. The second-order valence-electron chi connectivity index (χ2n) is 2.69. The predicted octanol–water partition coefficient (Wildman–Crippen LogP) is 1.78. The lowest BCUT2D eigenvalue weighted by Crippen LogP contribution is -2.07. The first-order valence-corrected chi connectivity index (χ1v) is 4.62. The van der Waals surface area contributed by atoms with Crippen molar-refractivity contribution in [3.63, 3.8) is 0 Å². The molecule has 0 radical (unpaired) electrons. The number of esters is 1. The molecule has 0 bridgehead atoms. The molecular weight excluding hydrogens is 216 g/mol. The fraction of sp³-hybridized carbons (Fsp3) is 0.300. The highest BCUT2D eigenvalue weighted by Gasteiger charge is 2.20. The summed E-state index contributed by atoms with van der Waals surface area (Å²) in [5.74, 6) is 0.237. The van der Waals surface area contributed by atoms with Gasteiger partial charge in [0.25, 0.3) is 0 Å². The third-order valence-electron chi connectivity index (χ3n) is 1.91. The van der Waals surface area contributed by atoms with Crippen molar-refractivity contribution in [3.8, 4) is 11.5 Å². The Morgan fingerprint density at radius 3 is 2.33 bits per heavy atom. The Morgan fingerprint density at radius 1 is 1.20 bits per heavy atom. The van der Waals surface area contributed by atoms with Crippen LogP contribution in [0.5, 0.6) is 11.5 Å². The number of benzene rings is 1. The van der Waals surface area contributed by atoms with Crippen LogP contribution in [0.15, 0.2) is 17.0 Å². The van der Waals surface area contributed by atoms with E-state index in [2.05, 4.69) is 17.4 Å². The largest absolute Gasteiger partial charge is 0.496 e. The number of hydrogen-bond donors (Lipinski definition) is 1. The maximum atomic E-state index is 11.5. The monoisotopic (exact) mass is 228 g/mol. The fourth-order valence-corrected chi connectivity index (χ4v) is 1.50. The second-order valence-corrected chi connectivity index (χ2v) is 3.17. The van der Waals surface area contributed by atoms with Crippen LogP contribution >= 0.6 is 12.6 Å². The number of rotatable bonds is 3. The minimum Gasteiger partial charge on any atom is -0.496 e. The van der Waals surface area contributed by atoms with Gasteiger partial charge in [-0.25, -0.2) is 4.79 Å². The van der Waals surface area contributed by atoms with Gasteiger partial charge in [-0.05, 0) is 12.1 Å². The van der Waals surface area contributed by atoms with Crippen molar-refractivity contribution >= 4 is 18.6 Å². The third kappa shape index (κ3) is 2.18. The molecule has 0 aliphatic rings. The molecule has 5 heteroatoms. The molecule has 0 atom stereocenters. The fourth-order valence-electron chi connectivity index (χ4n) is 1.23. The molecule has 1 aromatic carbocycles. The maximum absolute atomic E-state index is 11.5. The minimum atomic E-state index is -0.514. The molecule has 1 aromatic rings. The normalized spacial score (nSPS) is 9.60. The average Bonchev–Trinajstić information content (AvgIpc) is 2.27. The highest BCUT2D eigenvalue weighted by molar-refractivity contribution is 7.80. The Morgan fingerprint density at radius 2 is 1.87 bits per heavy atom. The molecule has 0 heterocycles. The highest BCUT2D eigenvalue weighted by Crippen LogP contribution is 2.34. The number of ether oxygens (including phenoxy) is 3. The number of thiol groups is 1. The molecule has 0 amide bonds. The Kier molecular flexibility index (Phi) is 3.85. The topological polar surface area (TPSA) is 44.8 Å². The van der Waals surface area contributed by atoms with E-state index in [0.29, 0.717) is 16.4 Å². The van der Waals surface area contributed by atoms with E-state index in [1.165, 1.54) is 21.3 Å². The van der Waals surface area contributed by atoms with Crippen molar-refractivity contribution < 1.29 is 19.0 Å². The number of carbonyl (C=O) groups is 1. The first kappa shape index (κ1) is 11.7. The summed E-state index contributed by atoms with van der Waals surface area (Å²) in [7, 11) is 4.23. The second kappa shape index (κ2) is 4.93. The van der Waals surface area contributed by atoms with Gasteiger partial charge in [-0.15, -0.1) is 12.6 Å². The summed E-state index contributed by atoms with van der Waals surface area (Å²) in [6, 6.07) is 3.32. The Bertz CT molecular complexity index is 376. The molecule has 0 aliphatic heterocycles. The summed E-state index contributed by atoms with van der Waals surface area (Å²) in [5, 5.41) is 0. The van der Waals surface area contributed by atoms with Gasteiger partial charge in [0.15, 0.2) is 0 Å². The Balaban J connectivity index is 3.40. The molecule has 1 rings (SSSR count). The van der Waals surface area contributed by atoms with Gasteiger partial charge in [-0.2, -0.15) is 0 Å². The SMILES string of the molecule is COC(=O)c1c(OC)ccc(S)c1OC. The van der Waals surface area contributed by atoms with Gasteiger partial charge >= 0.3 is 5.97 Å². The minimum absolute atomic E-state index is 0.245. The number of hydrogen-bond acceptors (Lipinski definition) is 5. The van der Waals surface area contributed by atoms with Gasteiger partial charge in [0.1, 0.15) is 17.1 Å². The summed E-state index contributed by atoms with van der Waals surface area (Å²) in [5.41, 5.74) is 0.245. The van der Waals surface area contributed by atoms with Gasteiger partial charge in [0.2, 0.25) is 0 Å². The lowest BCUT2D eigenvalue weighted by molar-refractivity contribution is 0.0592. The Labute approximate surface area is 93.5 Å². The summed E-state index contributed by atoms with van der Waals surface area (Å²) in [6.07, 6.45) is 0. The lowest BCUT2D eigenvalue weighted by atomic mass is 10.1. The zero-order valence-corrected chi connectivity index (χ0v) is 9.63. The molecule has 0 saturated carbocycles. The molecule has 0 aliphatic carbocycles. The van der Waals surface area contributed by atoms with Crippen molar-refractivity contribution in [2.24, 2.45) is 0 Å². The van der Waals surface area contributed by atoms with E-state index < -0.39 is 5.97 Å². The van der Waals surface area contributed by atoms with E-state index in [-0.39, 0.29) is 5.56 Å². The molecule has 82 valence electrons. The van der Waals surface area contributed by atoms with Gasteiger partial charge in [-0.3, -0.25) is 0 Å². The van der Waals surface area contributed by atoms with Crippen molar-refractivity contribution in [2.75, 3.05) is 21.3 Å². The van der Waals surface area contributed by atoms with Crippen molar-refractivity contribution in [2.45, 2.75) is 4.90 Å². The van der Waals surface area contributed by atoms with Crippen LogP contribution in [0.25, 0.3) is 0 Å². The zero-order valence-electron chi connectivity index (χ0n) is 8.73. The van der Waals surface area contributed by atoms with Crippen LogP contribution in [0.1, 0.15) is 10.4 Å². The molecule has 0 N–H and O–H groups in total. The number of methoxy groups -OCH3 is 3. The predicted molar refractivity (Wildman–Crippen MR) is 58.1 cm³/mol. The lowest BCUT2D eigenvalue weighted by Gasteiger charge is -2.12. The molecule has 0 fully saturated rings. The van der Waals surface area contributed by atoms with Crippen LogP contribution in [0.2, 0.25) is 0 Å². The van der Waals surface area contributed by atoms with Gasteiger partial charge in [-0.1, -0.05) is 0 Å². The van der Waals surface area contributed by atoms with Gasteiger partial charge < -0.3 is 14.2 Å². The molecule has 0 aromatic heterocycles. The van der Waals surface area contributed by atoms with E-state index in [1.807, 2.05) is 0 Å². The van der Waals surface area contributed by atoms with E-state index in [0.717, 1.165) is 0 Å². The van der Waals surface area contributed by atoms with E-state index in [1.54, 1.807) is 12.1 Å². The third-order valence-corrected chi connectivity index (χ3v) is 2.26. The van der Waals surface area contributed by atoms with Crippen LogP contribution in [0.4, 0.5) is 0 Å². The van der Waals surface area contributed by atoms with E-state index in [9.17, 15) is 4.79 Å². The van der Waals surface area contributed by atoms with Crippen LogP contribution < -0.4 is 9.47 Å². The molecular formula is C10H12O4S. The Hall–Kier alpha value is -1.36. The smallest absolute Gasteiger partial charge is 0.345 e. The average molecular weight is 228 g/mol. The summed E-state index contributed by atoms with van der Waals surface area (Å²) >= 11 is 4.18. The standard InChI is InChI=1S/C10H12O4S/c1-12-6-4-5-7(15)9(13-2)8(6)10(11)14-3/h4-5,15H,1-3H3. The van der Waals surface area contributed by atoms with Crippen LogP contribution in [0.3, 0.4) is 0 Å². The van der Waals surface area contributed by atoms with Crippen molar-refractivity contribution in [3.05, 3.63) is 17.7 Å². The van der Waals surface area contributed by atoms with Crippen molar-refractivity contribution in [1.29, 1.82) is 0 Å². The molecule has 0 unspecified atom stereocenters. The molecule has 0 spiro atoms. The molecule has 15 heavy (non-hydrogen) atoms. The van der Waals surface area contributed by atoms with Gasteiger partial charge in [0.05, 0.1) is 21.3 Å². The van der Waals surface area contributed by atoms with Crippen LogP contribution in [0, 0.1) is 0 Å².